The molecule has 0 saturated heterocycles. The lowest BCUT2D eigenvalue weighted by atomic mass is 9.70. The predicted molar refractivity (Wildman–Crippen MR) is 139 cm³/mol. The maximum Gasteiger partial charge on any atom is 0.573 e. The van der Waals surface area contributed by atoms with Gasteiger partial charge in [-0.05, 0) is 92.0 Å². The fraction of sp³-hybridized carbons (Fsp3) is 0.429. The topological polar surface area (TPSA) is 82.2 Å². The van der Waals surface area contributed by atoms with Crippen LogP contribution >= 0.6 is 0 Å². The van der Waals surface area contributed by atoms with Crippen LogP contribution in [0.2, 0.25) is 0 Å². The van der Waals surface area contributed by atoms with Gasteiger partial charge in [-0.3, -0.25) is 4.79 Å². The first-order valence-corrected chi connectivity index (χ1v) is 12.3. The molecule has 0 aliphatic heterocycles. The molecule has 2 atom stereocenters. The minimum Gasteiger partial charge on any atom is -0.406 e. The number of anilines is 2. The summed E-state index contributed by atoms with van der Waals surface area (Å²) in [6.07, 6.45) is -1.65. The molecule has 0 radical (unpaired) electrons. The summed E-state index contributed by atoms with van der Waals surface area (Å²) in [6.45, 7) is 10.4. The van der Waals surface area contributed by atoms with Crippen molar-refractivity contribution in [2.45, 2.75) is 66.3 Å². The van der Waals surface area contributed by atoms with Gasteiger partial charge in [-0.25, -0.2) is 4.98 Å². The van der Waals surface area contributed by atoms with E-state index < -0.39 is 12.3 Å². The maximum atomic E-state index is 12.6. The van der Waals surface area contributed by atoms with Crippen LogP contribution in [0.15, 0.2) is 48.0 Å². The van der Waals surface area contributed by atoms with E-state index in [1.54, 1.807) is 6.92 Å². The van der Waals surface area contributed by atoms with Gasteiger partial charge in [-0.15, -0.1) is 13.2 Å². The van der Waals surface area contributed by atoms with Gasteiger partial charge in [-0.2, -0.15) is 0 Å². The fourth-order valence-electron chi connectivity index (χ4n) is 5.55. The predicted octanol–water partition coefficient (Wildman–Crippen LogP) is 7.34. The highest BCUT2D eigenvalue weighted by Crippen LogP contribution is 2.46. The lowest BCUT2D eigenvalue weighted by molar-refractivity contribution is -0.274. The molecule has 1 aromatic heterocycles. The van der Waals surface area contributed by atoms with E-state index in [4.69, 9.17) is 10.7 Å². The highest BCUT2D eigenvalue weighted by molar-refractivity contribution is 6.00. The van der Waals surface area contributed by atoms with Crippen LogP contribution in [0.5, 0.6) is 5.75 Å². The Balaban J connectivity index is 1.77. The SMILES string of the molecule is CC(C(N)=O)=C(C)c1ccc2c(c1)nc(Nc1ccc(OC(F)(F)F)cc1)n2[C@@H]1C[C@H](C)CC(C)(C)C1. The average molecular weight is 515 g/mol. The number of primary amides is 1. The fourth-order valence-corrected chi connectivity index (χ4v) is 5.55. The largest absolute Gasteiger partial charge is 0.573 e. The lowest BCUT2D eigenvalue weighted by Crippen LogP contribution is -2.29. The average Bonchev–Trinajstić information content (AvgIpc) is 3.14. The van der Waals surface area contributed by atoms with Crippen molar-refractivity contribution >= 4 is 34.1 Å². The van der Waals surface area contributed by atoms with Crippen LogP contribution < -0.4 is 15.8 Å². The number of imidazole rings is 1. The number of halogens is 3. The second-order valence-corrected chi connectivity index (χ2v) is 10.9. The summed E-state index contributed by atoms with van der Waals surface area (Å²) in [5, 5.41) is 3.31. The highest BCUT2D eigenvalue weighted by atomic mass is 19.4. The number of hydrogen-bond donors (Lipinski definition) is 2. The third-order valence-electron chi connectivity index (χ3n) is 7.13. The quantitative estimate of drug-likeness (QED) is 0.337. The van der Waals surface area contributed by atoms with E-state index in [9.17, 15) is 18.0 Å². The van der Waals surface area contributed by atoms with Gasteiger partial charge < -0.3 is 20.4 Å². The van der Waals surface area contributed by atoms with Gasteiger partial charge in [0.2, 0.25) is 11.9 Å². The van der Waals surface area contributed by atoms with Crippen LogP contribution in [0.1, 0.15) is 65.5 Å². The molecule has 9 heteroatoms. The van der Waals surface area contributed by atoms with E-state index in [1.165, 1.54) is 24.3 Å². The maximum absolute atomic E-state index is 12.6. The number of benzene rings is 2. The van der Waals surface area contributed by atoms with Gasteiger partial charge in [0, 0.05) is 17.3 Å². The molecule has 0 bridgehead atoms. The van der Waals surface area contributed by atoms with Gasteiger partial charge in [0.25, 0.3) is 0 Å². The molecule has 6 nitrogen and oxygen atoms in total. The highest BCUT2D eigenvalue weighted by Gasteiger charge is 2.35. The monoisotopic (exact) mass is 514 g/mol. The normalized spacial score (nSPS) is 20.4. The summed E-state index contributed by atoms with van der Waals surface area (Å²) in [6, 6.07) is 11.7. The van der Waals surface area contributed by atoms with E-state index in [2.05, 4.69) is 35.4 Å². The molecule has 1 fully saturated rings. The van der Waals surface area contributed by atoms with Crippen LogP contribution in [0.3, 0.4) is 0 Å². The van der Waals surface area contributed by atoms with Gasteiger partial charge >= 0.3 is 6.36 Å². The molecule has 3 N–H and O–H groups in total. The third kappa shape index (κ3) is 6.09. The summed E-state index contributed by atoms with van der Waals surface area (Å²) < 4.78 is 43.9. The molecular formula is C28H33F3N4O2. The van der Waals surface area contributed by atoms with Gasteiger partial charge in [-0.1, -0.05) is 26.8 Å². The summed E-state index contributed by atoms with van der Waals surface area (Å²) >= 11 is 0. The number of rotatable bonds is 6. The Labute approximate surface area is 214 Å². The first-order chi connectivity index (χ1) is 17.2. The number of carbonyl (C=O) groups excluding carboxylic acids is 1. The minimum atomic E-state index is -4.75. The molecule has 1 saturated carbocycles. The zero-order valence-corrected chi connectivity index (χ0v) is 21.7. The summed E-state index contributed by atoms with van der Waals surface area (Å²) in [7, 11) is 0. The number of nitrogens with one attached hydrogen (secondary N) is 1. The van der Waals surface area contributed by atoms with Crippen LogP contribution in [-0.4, -0.2) is 21.8 Å². The standard InChI is InChI=1S/C28H33F3N4O2/c1-16-12-21(15-27(4,5)14-16)35-24-11-6-19(17(2)18(3)25(32)36)13-23(24)34-26(35)33-20-7-9-22(10-8-20)37-28(29,30)31/h6-11,13,16,21H,12,14-15H2,1-5H3,(H2,32,36)(H,33,34)/t16-,21+/m0/s1. The number of fused-ring (bicyclic) bond motifs is 1. The van der Waals surface area contributed by atoms with E-state index in [0.717, 1.165) is 41.4 Å². The van der Waals surface area contributed by atoms with Crippen molar-refractivity contribution in [2.75, 3.05) is 5.32 Å². The van der Waals surface area contributed by atoms with Crippen molar-refractivity contribution in [3.63, 3.8) is 0 Å². The molecule has 1 aliphatic carbocycles. The molecule has 0 unspecified atom stereocenters. The Kier molecular flexibility index (Phi) is 7.01. The van der Waals surface area contributed by atoms with Gasteiger partial charge in [0.15, 0.2) is 0 Å². The van der Waals surface area contributed by atoms with Crippen LogP contribution in [0, 0.1) is 11.3 Å². The van der Waals surface area contributed by atoms with Crippen molar-refractivity contribution in [1.82, 2.24) is 9.55 Å². The Morgan fingerprint density at radius 3 is 2.41 bits per heavy atom. The molecule has 4 rings (SSSR count). The molecule has 2 aromatic carbocycles. The van der Waals surface area contributed by atoms with Gasteiger partial charge in [0.05, 0.1) is 11.0 Å². The molecule has 1 aliphatic rings. The Bertz CT molecular complexity index is 1340. The number of ether oxygens (including phenoxy) is 1. The zero-order chi connectivity index (χ0) is 27.1. The Morgan fingerprint density at radius 2 is 1.81 bits per heavy atom. The first kappa shape index (κ1) is 26.6. The molecule has 0 spiro atoms. The minimum absolute atomic E-state index is 0.157. The number of carbonyl (C=O) groups is 1. The number of amides is 1. The zero-order valence-electron chi connectivity index (χ0n) is 21.7. The summed E-state index contributed by atoms with van der Waals surface area (Å²) in [5.74, 6) is 0.383. The Hall–Kier alpha value is -3.49. The van der Waals surface area contributed by atoms with Crippen LogP contribution in [-0.2, 0) is 4.79 Å². The number of aromatic nitrogens is 2. The summed E-state index contributed by atoms with van der Waals surface area (Å²) in [5.41, 5.74) is 10.1. The van der Waals surface area contributed by atoms with Gasteiger partial charge in [0.1, 0.15) is 5.75 Å². The van der Waals surface area contributed by atoms with Crippen molar-refractivity contribution < 1.29 is 22.7 Å². The number of allylic oxidation sites excluding steroid dienone is 1. The van der Waals surface area contributed by atoms with Crippen LogP contribution in [0.4, 0.5) is 24.8 Å². The van der Waals surface area contributed by atoms with Crippen molar-refractivity contribution in [3.05, 3.63) is 53.6 Å². The second kappa shape index (κ2) is 9.76. The van der Waals surface area contributed by atoms with E-state index in [1.807, 2.05) is 25.1 Å². The van der Waals surface area contributed by atoms with Crippen molar-refractivity contribution in [2.24, 2.45) is 17.1 Å². The van der Waals surface area contributed by atoms with Crippen molar-refractivity contribution in [3.8, 4) is 5.75 Å². The van der Waals surface area contributed by atoms with E-state index >= 15 is 0 Å². The van der Waals surface area contributed by atoms with E-state index in [0.29, 0.717) is 23.1 Å². The molecule has 3 aromatic rings. The third-order valence-corrected chi connectivity index (χ3v) is 7.13. The van der Waals surface area contributed by atoms with Crippen molar-refractivity contribution in [1.29, 1.82) is 0 Å². The number of nitrogens with two attached hydrogens (primary N) is 1. The lowest BCUT2D eigenvalue weighted by Gasteiger charge is -2.40. The molecule has 37 heavy (non-hydrogen) atoms. The molecular weight excluding hydrogens is 481 g/mol. The molecule has 198 valence electrons. The number of alkyl halides is 3. The number of hydrogen-bond acceptors (Lipinski definition) is 4. The molecule has 1 amide bonds. The molecule has 1 heterocycles. The smallest absolute Gasteiger partial charge is 0.406 e. The summed E-state index contributed by atoms with van der Waals surface area (Å²) in [4.78, 5) is 16.6. The Morgan fingerprint density at radius 1 is 1.14 bits per heavy atom. The second-order valence-electron chi connectivity index (χ2n) is 10.9. The number of nitrogens with zero attached hydrogens (tertiary/aromatic N) is 2. The van der Waals surface area contributed by atoms with E-state index in [-0.39, 0.29) is 17.2 Å². The van der Waals surface area contributed by atoms with Crippen LogP contribution in [0.25, 0.3) is 16.6 Å². The first-order valence-electron chi connectivity index (χ1n) is 12.3.